The monoisotopic (exact) mass is 760 g/mol. The van der Waals surface area contributed by atoms with Gasteiger partial charge in [-0.3, -0.25) is 4.79 Å². The standard InChI is InChI=1S/C49H93NO4/c1-3-5-7-9-11-13-15-17-18-19-20-21-22-23-24-25-26-27-28-29-31-32-34-36-38-40-42-46(52)44-49(54)50-47(45-51)48(53)43-41-39-37-35-33-30-16-14-12-10-8-6-4-2/h12,14,33,35,41,43,46-48,51-53H,3-11,13,15-32,34,36-40,42,44-45H2,1-2H3,(H,50,54)/b14-12+,35-33+,43-41+. The van der Waals surface area contributed by atoms with Crippen molar-refractivity contribution < 1.29 is 20.1 Å². The molecular weight excluding hydrogens is 667 g/mol. The van der Waals surface area contributed by atoms with Crippen molar-refractivity contribution in [3.63, 3.8) is 0 Å². The van der Waals surface area contributed by atoms with Gasteiger partial charge in [-0.15, -0.1) is 0 Å². The number of nitrogens with one attached hydrogen (secondary N) is 1. The average molecular weight is 760 g/mol. The highest BCUT2D eigenvalue weighted by Crippen LogP contribution is 2.17. The number of aliphatic hydroxyl groups is 3. The highest BCUT2D eigenvalue weighted by Gasteiger charge is 2.20. The van der Waals surface area contributed by atoms with E-state index in [2.05, 4.69) is 43.5 Å². The predicted octanol–water partition coefficient (Wildman–Crippen LogP) is 13.9. The Morgan fingerprint density at radius 2 is 0.796 bits per heavy atom. The number of hydrogen-bond acceptors (Lipinski definition) is 4. The highest BCUT2D eigenvalue weighted by atomic mass is 16.3. The molecule has 0 heterocycles. The van der Waals surface area contributed by atoms with Crippen LogP contribution in [0.1, 0.15) is 245 Å². The lowest BCUT2D eigenvalue weighted by atomic mass is 10.0. The van der Waals surface area contributed by atoms with Crippen molar-refractivity contribution in [1.82, 2.24) is 5.32 Å². The van der Waals surface area contributed by atoms with Gasteiger partial charge in [-0.05, 0) is 44.9 Å². The van der Waals surface area contributed by atoms with Crippen molar-refractivity contribution in [1.29, 1.82) is 0 Å². The molecule has 4 N–H and O–H groups in total. The van der Waals surface area contributed by atoms with Gasteiger partial charge in [-0.1, -0.05) is 230 Å². The van der Waals surface area contributed by atoms with Crippen LogP contribution in [0, 0.1) is 0 Å². The molecule has 0 radical (unpaired) electrons. The minimum absolute atomic E-state index is 0.00506. The molecule has 54 heavy (non-hydrogen) atoms. The Hall–Kier alpha value is -1.43. The van der Waals surface area contributed by atoms with E-state index in [0.717, 1.165) is 38.5 Å². The third-order valence-corrected chi connectivity index (χ3v) is 10.9. The van der Waals surface area contributed by atoms with Crippen molar-refractivity contribution in [3.05, 3.63) is 36.5 Å². The van der Waals surface area contributed by atoms with Gasteiger partial charge in [0.2, 0.25) is 5.91 Å². The molecule has 318 valence electrons. The SMILES string of the molecule is CCCCC/C=C/CC/C=C/CC/C=C/C(O)C(CO)NC(=O)CC(O)CCCCCCCCCCCCCCCCCCCCCCCCCCCC. The summed E-state index contributed by atoms with van der Waals surface area (Å²) in [6.45, 7) is 4.17. The maximum Gasteiger partial charge on any atom is 0.222 e. The number of carbonyl (C=O) groups excluding carboxylic acids is 1. The molecule has 0 aromatic carbocycles. The molecular formula is C49H93NO4. The van der Waals surface area contributed by atoms with Gasteiger partial charge in [-0.2, -0.15) is 0 Å². The summed E-state index contributed by atoms with van der Waals surface area (Å²) in [5.74, 6) is -0.328. The number of hydrogen-bond donors (Lipinski definition) is 4. The molecule has 1 amide bonds. The third-order valence-electron chi connectivity index (χ3n) is 10.9. The summed E-state index contributed by atoms with van der Waals surface area (Å²) in [5.41, 5.74) is 0. The summed E-state index contributed by atoms with van der Waals surface area (Å²) in [6.07, 6.45) is 56.0. The van der Waals surface area contributed by atoms with E-state index in [-0.39, 0.29) is 18.9 Å². The second kappa shape index (κ2) is 44.3. The first-order valence-corrected chi connectivity index (χ1v) is 23.8. The Bertz CT molecular complexity index is 840. The summed E-state index contributed by atoms with van der Waals surface area (Å²) in [7, 11) is 0. The van der Waals surface area contributed by atoms with Crippen LogP contribution in [0.25, 0.3) is 0 Å². The van der Waals surface area contributed by atoms with Crippen molar-refractivity contribution in [2.45, 2.75) is 263 Å². The van der Waals surface area contributed by atoms with Crippen LogP contribution in [0.2, 0.25) is 0 Å². The van der Waals surface area contributed by atoms with E-state index in [0.29, 0.717) is 6.42 Å². The Labute approximate surface area is 336 Å². The Morgan fingerprint density at radius 3 is 1.19 bits per heavy atom. The van der Waals surface area contributed by atoms with E-state index in [1.807, 2.05) is 6.08 Å². The van der Waals surface area contributed by atoms with E-state index in [1.165, 1.54) is 180 Å². The van der Waals surface area contributed by atoms with Crippen molar-refractivity contribution in [3.8, 4) is 0 Å². The minimum atomic E-state index is -0.957. The summed E-state index contributed by atoms with van der Waals surface area (Å²) < 4.78 is 0. The summed E-state index contributed by atoms with van der Waals surface area (Å²) >= 11 is 0. The molecule has 0 aliphatic heterocycles. The normalized spacial score (nSPS) is 13.8. The molecule has 0 saturated heterocycles. The van der Waals surface area contributed by atoms with Crippen LogP contribution in [-0.4, -0.2) is 46.1 Å². The number of allylic oxidation sites excluding steroid dienone is 5. The van der Waals surface area contributed by atoms with Gasteiger partial charge in [0.15, 0.2) is 0 Å². The zero-order valence-electron chi connectivity index (χ0n) is 36.1. The molecule has 3 unspecified atom stereocenters. The number of aliphatic hydroxyl groups excluding tert-OH is 3. The van der Waals surface area contributed by atoms with Crippen LogP contribution in [0.4, 0.5) is 0 Å². The van der Waals surface area contributed by atoms with Gasteiger partial charge in [0.05, 0.1) is 31.3 Å². The van der Waals surface area contributed by atoms with Crippen molar-refractivity contribution in [2.24, 2.45) is 0 Å². The van der Waals surface area contributed by atoms with E-state index in [9.17, 15) is 20.1 Å². The zero-order valence-corrected chi connectivity index (χ0v) is 36.1. The molecule has 0 aliphatic carbocycles. The van der Waals surface area contributed by atoms with Gasteiger partial charge >= 0.3 is 0 Å². The van der Waals surface area contributed by atoms with Gasteiger partial charge in [0, 0.05) is 0 Å². The lowest BCUT2D eigenvalue weighted by Gasteiger charge is -2.21. The highest BCUT2D eigenvalue weighted by molar-refractivity contribution is 5.76. The molecule has 0 aromatic rings. The summed E-state index contributed by atoms with van der Waals surface area (Å²) in [5, 5.41) is 33.2. The average Bonchev–Trinajstić information content (AvgIpc) is 3.16. The summed E-state index contributed by atoms with van der Waals surface area (Å²) in [4.78, 5) is 12.4. The van der Waals surface area contributed by atoms with Crippen LogP contribution < -0.4 is 5.32 Å². The van der Waals surface area contributed by atoms with Crippen molar-refractivity contribution >= 4 is 5.91 Å². The lowest BCUT2D eigenvalue weighted by Crippen LogP contribution is -2.45. The molecule has 5 heteroatoms. The van der Waals surface area contributed by atoms with Crippen LogP contribution in [-0.2, 0) is 4.79 Å². The predicted molar refractivity (Wildman–Crippen MR) is 236 cm³/mol. The largest absolute Gasteiger partial charge is 0.394 e. The van der Waals surface area contributed by atoms with Gasteiger partial charge in [0.25, 0.3) is 0 Å². The maximum atomic E-state index is 12.4. The molecule has 0 spiro atoms. The number of carbonyl (C=O) groups is 1. The first-order valence-electron chi connectivity index (χ1n) is 23.8. The molecule has 0 rings (SSSR count). The fourth-order valence-corrected chi connectivity index (χ4v) is 7.25. The van der Waals surface area contributed by atoms with Crippen LogP contribution >= 0.6 is 0 Å². The number of rotatable bonds is 43. The second-order valence-electron chi connectivity index (χ2n) is 16.4. The van der Waals surface area contributed by atoms with Crippen LogP contribution in [0.5, 0.6) is 0 Å². The summed E-state index contributed by atoms with van der Waals surface area (Å²) in [6, 6.07) is -0.764. The molecule has 0 saturated carbocycles. The van der Waals surface area contributed by atoms with E-state index in [4.69, 9.17) is 0 Å². The molecule has 3 atom stereocenters. The van der Waals surface area contributed by atoms with Gasteiger partial charge in [0.1, 0.15) is 0 Å². The first kappa shape index (κ1) is 52.6. The minimum Gasteiger partial charge on any atom is -0.394 e. The topological polar surface area (TPSA) is 89.8 Å². The van der Waals surface area contributed by atoms with Crippen LogP contribution in [0.15, 0.2) is 36.5 Å². The molecule has 0 aromatic heterocycles. The van der Waals surface area contributed by atoms with Gasteiger partial charge < -0.3 is 20.6 Å². The second-order valence-corrected chi connectivity index (χ2v) is 16.4. The fourth-order valence-electron chi connectivity index (χ4n) is 7.25. The van der Waals surface area contributed by atoms with Gasteiger partial charge in [-0.25, -0.2) is 0 Å². The van der Waals surface area contributed by atoms with E-state index >= 15 is 0 Å². The molecule has 5 nitrogen and oxygen atoms in total. The smallest absolute Gasteiger partial charge is 0.222 e. The quantitative estimate of drug-likeness (QED) is 0.0368. The third kappa shape index (κ3) is 40.2. The zero-order chi connectivity index (χ0) is 39.4. The molecule has 0 bridgehead atoms. The van der Waals surface area contributed by atoms with Crippen molar-refractivity contribution in [2.75, 3.05) is 6.61 Å². The molecule has 0 aliphatic rings. The van der Waals surface area contributed by atoms with E-state index < -0.39 is 18.2 Å². The first-order chi connectivity index (χ1) is 26.5. The number of amides is 1. The van der Waals surface area contributed by atoms with E-state index in [1.54, 1.807) is 6.08 Å². The Kier molecular flexibility index (Phi) is 43.1. The Morgan fingerprint density at radius 1 is 0.463 bits per heavy atom. The fraction of sp³-hybridized carbons (Fsp3) is 0.857. The molecule has 0 fully saturated rings. The lowest BCUT2D eigenvalue weighted by molar-refractivity contribution is -0.124. The number of unbranched alkanes of at least 4 members (excludes halogenated alkanes) is 30. The van der Waals surface area contributed by atoms with Crippen LogP contribution in [0.3, 0.4) is 0 Å². The Balaban J connectivity index is 3.58. The maximum absolute atomic E-state index is 12.4.